The van der Waals surface area contributed by atoms with E-state index in [2.05, 4.69) is 6.92 Å². The maximum atomic E-state index is 11.9. The van der Waals surface area contributed by atoms with Crippen molar-refractivity contribution in [2.45, 2.75) is 45.8 Å². The van der Waals surface area contributed by atoms with E-state index in [0.29, 0.717) is 5.57 Å². The van der Waals surface area contributed by atoms with Gasteiger partial charge in [0.25, 0.3) is 5.79 Å². The molecule has 114 valence electrons. The highest BCUT2D eigenvalue weighted by atomic mass is 16.7. The lowest BCUT2D eigenvalue weighted by molar-refractivity contribution is -0.222. The summed E-state index contributed by atoms with van der Waals surface area (Å²) in [6, 6.07) is 0. The van der Waals surface area contributed by atoms with E-state index in [1.807, 2.05) is 17.3 Å². The zero-order valence-electron chi connectivity index (χ0n) is 12.7. The Morgan fingerprint density at radius 2 is 1.62 bits per heavy atom. The molecular weight excluding hydrogens is 270 g/mol. The highest BCUT2D eigenvalue weighted by Gasteiger charge is 2.40. The summed E-state index contributed by atoms with van der Waals surface area (Å²) >= 11 is 0. The molecule has 5 nitrogen and oxygen atoms in total. The van der Waals surface area contributed by atoms with Crippen molar-refractivity contribution < 1.29 is 19.1 Å². The Labute approximate surface area is 124 Å². The van der Waals surface area contributed by atoms with Crippen LogP contribution < -0.4 is 0 Å². The quantitative estimate of drug-likeness (QED) is 0.345. The number of allylic oxidation sites excluding steroid dienone is 3. The molecule has 0 spiro atoms. The first-order valence-corrected chi connectivity index (χ1v) is 7.26. The molecule has 2 rings (SSSR count). The molecule has 0 radical (unpaired) electrons. The van der Waals surface area contributed by atoms with Gasteiger partial charge in [-0.25, -0.2) is 9.59 Å². The second-order valence-electron chi connectivity index (χ2n) is 5.59. The number of nitrogens with zero attached hydrogens (tertiary/aromatic N) is 1. The van der Waals surface area contributed by atoms with Gasteiger partial charge >= 0.3 is 11.9 Å². The number of hydrogen-bond donors (Lipinski definition) is 0. The number of ether oxygens (including phenoxy) is 2. The van der Waals surface area contributed by atoms with Crippen LogP contribution in [0.2, 0.25) is 0 Å². The molecule has 21 heavy (non-hydrogen) atoms. The van der Waals surface area contributed by atoms with E-state index in [9.17, 15) is 9.59 Å². The second kappa shape index (κ2) is 6.16. The number of unbranched alkanes of at least 4 members (excludes halogenated alkanes) is 2. The van der Waals surface area contributed by atoms with Crippen molar-refractivity contribution in [3.05, 3.63) is 35.7 Å². The van der Waals surface area contributed by atoms with Gasteiger partial charge in [0.05, 0.1) is 0 Å². The Balaban J connectivity index is 2.09. The summed E-state index contributed by atoms with van der Waals surface area (Å²) in [6.07, 6.45) is 10.7. The van der Waals surface area contributed by atoms with Crippen molar-refractivity contribution in [3.8, 4) is 0 Å². The first-order chi connectivity index (χ1) is 9.93. The Hall–Kier alpha value is -2.04. The minimum atomic E-state index is -1.20. The standard InChI is InChI=1S/C16H21NO4/c1-4-5-6-9-17-10-7-12(8-11-17)13-14(18)20-16(2,3)21-15(13)19/h7-8,10-11H,4-6,9H2,1-3H3. The molecule has 0 aromatic rings. The molecule has 1 fully saturated rings. The topological polar surface area (TPSA) is 55.8 Å². The van der Waals surface area contributed by atoms with Gasteiger partial charge in [-0.05, 0) is 24.1 Å². The van der Waals surface area contributed by atoms with E-state index >= 15 is 0 Å². The van der Waals surface area contributed by atoms with E-state index in [1.165, 1.54) is 26.7 Å². The monoisotopic (exact) mass is 291 g/mol. The first-order valence-electron chi connectivity index (χ1n) is 7.26. The molecule has 0 N–H and O–H groups in total. The summed E-state index contributed by atoms with van der Waals surface area (Å²) in [7, 11) is 0. The van der Waals surface area contributed by atoms with Crippen molar-refractivity contribution in [2.24, 2.45) is 0 Å². The number of rotatable bonds is 4. The van der Waals surface area contributed by atoms with Crippen LogP contribution in [0.3, 0.4) is 0 Å². The van der Waals surface area contributed by atoms with Crippen LogP contribution in [0.25, 0.3) is 0 Å². The van der Waals surface area contributed by atoms with E-state index < -0.39 is 17.7 Å². The number of hydrogen-bond acceptors (Lipinski definition) is 5. The Kier molecular flexibility index (Phi) is 4.50. The Morgan fingerprint density at radius 1 is 1.05 bits per heavy atom. The third-order valence-electron chi connectivity index (χ3n) is 3.28. The molecule has 2 aliphatic rings. The molecule has 2 heterocycles. The minimum Gasteiger partial charge on any atom is -0.419 e. The van der Waals surface area contributed by atoms with Gasteiger partial charge in [-0.2, -0.15) is 0 Å². The van der Waals surface area contributed by atoms with Gasteiger partial charge in [0.15, 0.2) is 5.57 Å². The molecule has 0 unspecified atom stereocenters. The maximum absolute atomic E-state index is 11.9. The molecule has 0 atom stereocenters. The van der Waals surface area contributed by atoms with Gasteiger partial charge in [0.2, 0.25) is 0 Å². The van der Waals surface area contributed by atoms with Crippen LogP contribution in [0.15, 0.2) is 35.7 Å². The fourth-order valence-electron chi connectivity index (χ4n) is 2.21. The van der Waals surface area contributed by atoms with Crippen LogP contribution in [0.5, 0.6) is 0 Å². The maximum Gasteiger partial charge on any atom is 0.349 e. The van der Waals surface area contributed by atoms with Gasteiger partial charge in [0.1, 0.15) is 0 Å². The van der Waals surface area contributed by atoms with Crippen LogP contribution in [-0.2, 0) is 19.1 Å². The van der Waals surface area contributed by atoms with Gasteiger partial charge in [-0.3, -0.25) is 0 Å². The Bertz CT molecular complexity index is 490. The predicted molar refractivity (Wildman–Crippen MR) is 77.8 cm³/mol. The minimum absolute atomic E-state index is 0.0463. The zero-order valence-corrected chi connectivity index (χ0v) is 12.7. The molecule has 5 heteroatoms. The van der Waals surface area contributed by atoms with Crippen molar-refractivity contribution in [1.82, 2.24) is 4.90 Å². The van der Waals surface area contributed by atoms with Gasteiger partial charge in [-0.15, -0.1) is 0 Å². The van der Waals surface area contributed by atoms with Gasteiger partial charge in [0, 0.05) is 32.8 Å². The van der Waals surface area contributed by atoms with Crippen LogP contribution in [0.4, 0.5) is 0 Å². The molecule has 0 saturated carbocycles. The van der Waals surface area contributed by atoms with Gasteiger partial charge in [-0.1, -0.05) is 19.8 Å². The number of carbonyl (C=O) groups is 2. The second-order valence-corrected chi connectivity index (χ2v) is 5.59. The first kappa shape index (κ1) is 15.4. The molecule has 0 bridgehead atoms. The summed E-state index contributed by atoms with van der Waals surface area (Å²) < 4.78 is 10.2. The SMILES string of the molecule is CCCCCN1C=CC(=C2C(=O)OC(C)(C)OC2=O)C=C1. The summed E-state index contributed by atoms with van der Waals surface area (Å²) in [4.78, 5) is 25.9. The fourth-order valence-corrected chi connectivity index (χ4v) is 2.21. The van der Waals surface area contributed by atoms with E-state index in [0.717, 1.165) is 13.0 Å². The molecule has 0 amide bonds. The van der Waals surface area contributed by atoms with Crippen LogP contribution in [0, 0.1) is 0 Å². The molecule has 0 aromatic carbocycles. The normalized spacial score (nSPS) is 20.6. The van der Waals surface area contributed by atoms with Gasteiger partial charge < -0.3 is 14.4 Å². The third kappa shape index (κ3) is 3.74. The summed E-state index contributed by atoms with van der Waals surface area (Å²) in [5.74, 6) is -2.48. The highest BCUT2D eigenvalue weighted by Crippen LogP contribution is 2.26. The molecule has 2 aliphatic heterocycles. The fraction of sp³-hybridized carbons (Fsp3) is 0.500. The van der Waals surface area contributed by atoms with E-state index in [1.54, 1.807) is 12.2 Å². The Morgan fingerprint density at radius 3 is 2.14 bits per heavy atom. The average Bonchev–Trinajstić information content (AvgIpc) is 2.38. The van der Waals surface area contributed by atoms with Crippen LogP contribution in [-0.4, -0.2) is 29.2 Å². The highest BCUT2D eigenvalue weighted by molar-refractivity contribution is 6.16. The summed E-state index contributed by atoms with van der Waals surface area (Å²) in [6.45, 7) is 6.15. The zero-order chi connectivity index (χ0) is 15.5. The smallest absolute Gasteiger partial charge is 0.349 e. The van der Waals surface area contributed by atoms with Crippen molar-refractivity contribution >= 4 is 11.9 Å². The number of carbonyl (C=O) groups excluding carboxylic acids is 2. The molecule has 0 aromatic heterocycles. The van der Waals surface area contributed by atoms with Crippen molar-refractivity contribution in [1.29, 1.82) is 0 Å². The summed E-state index contributed by atoms with van der Waals surface area (Å²) in [5.41, 5.74) is 0.474. The molecular formula is C16H21NO4. The van der Waals surface area contributed by atoms with Crippen LogP contribution in [0.1, 0.15) is 40.0 Å². The molecule has 0 aliphatic carbocycles. The summed E-state index contributed by atoms with van der Waals surface area (Å²) in [5, 5.41) is 0. The third-order valence-corrected chi connectivity index (χ3v) is 3.28. The number of cyclic esters (lactones) is 2. The number of esters is 2. The van der Waals surface area contributed by atoms with E-state index in [4.69, 9.17) is 9.47 Å². The van der Waals surface area contributed by atoms with Crippen molar-refractivity contribution in [3.63, 3.8) is 0 Å². The van der Waals surface area contributed by atoms with E-state index in [-0.39, 0.29) is 5.57 Å². The molecule has 1 saturated heterocycles. The van der Waals surface area contributed by atoms with Crippen molar-refractivity contribution in [2.75, 3.05) is 6.54 Å². The predicted octanol–water partition coefficient (Wildman–Crippen LogP) is 2.65. The lowest BCUT2D eigenvalue weighted by Gasteiger charge is -2.30. The largest absolute Gasteiger partial charge is 0.419 e. The lowest BCUT2D eigenvalue weighted by Crippen LogP contribution is -2.42. The lowest BCUT2D eigenvalue weighted by atomic mass is 10.1. The van der Waals surface area contributed by atoms with Crippen LogP contribution >= 0.6 is 0 Å². The average molecular weight is 291 g/mol.